The molecule has 4 atom stereocenters. The van der Waals surface area contributed by atoms with E-state index in [4.69, 9.17) is 4.52 Å². The van der Waals surface area contributed by atoms with Crippen molar-refractivity contribution in [3.63, 3.8) is 0 Å². The van der Waals surface area contributed by atoms with Gasteiger partial charge in [-0.25, -0.2) is 9.97 Å². The van der Waals surface area contributed by atoms with E-state index in [0.717, 1.165) is 51.0 Å². The fourth-order valence-electron chi connectivity index (χ4n) is 11.5. The normalized spacial score (nSPS) is 30.7. The van der Waals surface area contributed by atoms with Gasteiger partial charge in [-0.05, 0) is 109 Å². The second kappa shape index (κ2) is 18.3. The predicted molar refractivity (Wildman–Crippen MR) is 236 cm³/mol. The first kappa shape index (κ1) is 40.9. The Balaban J connectivity index is 0.000000103. The maximum atomic E-state index is 5.18. The van der Waals surface area contributed by atoms with E-state index >= 15 is 0 Å². The van der Waals surface area contributed by atoms with Crippen molar-refractivity contribution in [2.45, 2.75) is 63.3 Å². The van der Waals surface area contributed by atoms with Crippen molar-refractivity contribution < 1.29 is 4.52 Å². The van der Waals surface area contributed by atoms with Gasteiger partial charge in [0, 0.05) is 113 Å². The van der Waals surface area contributed by atoms with Crippen LogP contribution in [0.15, 0.2) is 78.4 Å². The summed E-state index contributed by atoms with van der Waals surface area (Å²) >= 11 is 0. The lowest BCUT2D eigenvalue weighted by molar-refractivity contribution is 0.363. The SMILES string of the molecule is CN1CCC2(CCCN2c2cccnn2)C1.c1cc(N2CCC3(CCNC3)C2)on1.c1cncc(N2CCC3(CCNC3)C2)c1.c1ncc(N2CCC3(CCNC3)C2)cn1. The summed E-state index contributed by atoms with van der Waals surface area (Å²) in [6.45, 7) is 17.5. The van der Waals surface area contributed by atoms with Crippen LogP contribution in [0.25, 0.3) is 0 Å². The highest BCUT2D eigenvalue weighted by atomic mass is 16.5. The molecule has 0 saturated carbocycles. The van der Waals surface area contributed by atoms with Crippen LogP contribution in [0.4, 0.5) is 23.1 Å². The molecule has 0 aliphatic carbocycles. The van der Waals surface area contributed by atoms with Crippen molar-refractivity contribution in [3.8, 4) is 0 Å². The van der Waals surface area contributed by atoms with E-state index in [1.165, 1.54) is 128 Å². The molecule has 8 aliphatic heterocycles. The van der Waals surface area contributed by atoms with Crippen LogP contribution in [-0.4, -0.2) is 146 Å². The molecule has 15 nitrogen and oxygen atoms in total. The Labute approximate surface area is 356 Å². The zero-order valence-corrected chi connectivity index (χ0v) is 35.7. The number of pyridine rings is 1. The van der Waals surface area contributed by atoms with Gasteiger partial charge in [-0.1, -0.05) is 5.16 Å². The summed E-state index contributed by atoms with van der Waals surface area (Å²) in [7, 11) is 2.21. The lowest BCUT2D eigenvalue weighted by atomic mass is 9.86. The number of hydrogen-bond donors (Lipinski definition) is 3. The molecule has 0 aromatic carbocycles. The minimum absolute atomic E-state index is 0.338. The fourth-order valence-corrected chi connectivity index (χ4v) is 11.5. The average molecular weight is 819 g/mol. The first-order valence-corrected chi connectivity index (χ1v) is 22.6. The van der Waals surface area contributed by atoms with E-state index in [1.807, 2.05) is 43.0 Å². The number of nitrogens with zero attached hydrogens (tertiary/aromatic N) is 11. The molecule has 8 saturated heterocycles. The Kier molecular flexibility index (Phi) is 12.5. The molecule has 8 fully saturated rings. The zero-order chi connectivity index (χ0) is 40.7. The second-order valence-corrected chi connectivity index (χ2v) is 19.0. The Hall–Kier alpha value is -4.44. The number of rotatable bonds is 4. The number of likely N-dealkylation sites (N-methyl/N-ethyl adjacent to an activating group) is 1. The topological polar surface area (TPSA) is 143 Å². The second-order valence-electron chi connectivity index (χ2n) is 19.0. The van der Waals surface area contributed by atoms with Crippen molar-refractivity contribution in [3.05, 3.63) is 73.8 Å². The van der Waals surface area contributed by atoms with Crippen LogP contribution in [-0.2, 0) is 0 Å². The molecule has 60 heavy (non-hydrogen) atoms. The minimum atomic E-state index is 0.338. The van der Waals surface area contributed by atoms with Crippen molar-refractivity contribution in [1.29, 1.82) is 0 Å². The van der Waals surface area contributed by atoms with E-state index in [0.29, 0.717) is 21.8 Å². The maximum Gasteiger partial charge on any atom is 0.227 e. The van der Waals surface area contributed by atoms with Gasteiger partial charge in [0.05, 0.1) is 41.7 Å². The standard InChI is InChI=1S/C12H18N4.C12H17N3.C11H16N4.C10H15N3O/c1-15-9-6-12(10-15)5-3-8-16(12)11-4-2-7-13-14-11;1-2-11(8-13-5-1)15-7-4-12(10-15)3-6-14-9-12;1-3-12-7-11(1)2-4-15(8-11)10-5-13-9-14-6-10;1-4-12-14-9(1)13-6-3-10(8-13)2-5-11-7-10/h2,4,7H,3,5-6,8-10H2,1H3;1-2,5,8,14H,3-4,6-7,9-10H2;5-6,9,12H,1-4,7-8H2;1,4,11H,2-3,5-8H2. The predicted octanol–water partition coefficient (Wildman–Crippen LogP) is 3.95. The molecule has 12 rings (SSSR count). The molecule has 0 radical (unpaired) electrons. The number of likely N-dealkylation sites (tertiary alicyclic amines) is 1. The third-order valence-electron chi connectivity index (χ3n) is 14.9. The third-order valence-corrected chi connectivity index (χ3v) is 14.9. The van der Waals surface area contributed by atoms with Gasteiger partial charge in [0.1, 0.15) is 6.33 Å². The summed E-state index contributed by atoms with van der Waals surface area (Å²) in [5.41, 5.74) is 4.37. The van der Waals surface area contributed by atoms with Gasteiger partial charge < -0.3 is 45.0 Å². The summed E-state index contributed by atoms with van der Waals surface area (Å²) in [5.74, 6) is 1.98. The van der Waals surface area contributed by atoms with Crippen LogP contribution in [0.3, 0.4) is 0 Å². The van der Waals surface area contributed by atoms with Crippen LogP contribution < -0.4 is 35.6 Å². The highest BCUT2D eigenvalue weighted by Crippen LogP contribution is 2.41. The lowest BCUT2D eigenvalue weighted by Crippen LogP contribution is -2.46. The Bertz CT molecular complexity index is 1820. The molecule has 0 bridgehead atoms. The largest absolute Gasteiger partial charge is 0.370 e. The summed E-state index contributed by atoms with van der Waals surface area (Å²) < 4.78 is 5.18. The van der Waals surface area contributed by atoms with Gasteiger partial charge >= 0.3 is 0 Å². The summed E-state index contributed by atoms with van der Waals surface area (Å²) in [4.78, 5) is 24.4. The number of nitrogens with one attached hydrogen (secondary N) is 3. The van der Waals surface area contributed by atoms with E-state index in [9.17, 15) is 0 Å². The molecule has 8 aliphatic rings. The van der Waals surface area contributed by atoms with Crippen LogP contribution in [0.5, 0.6) is 0 Å². The molecular weight excluding hydrogens is 753 g/mol. The van der Waals surface area contributed by atoms with Gasteiger partial charge in [-0.2, -0.15) is 5.10 Å². The molecule has 322 valence electrons. The molecule has 4 aromatic heterocycles. The van der Waals surface area contributed by atoms with E-state index in [-0.39, 0.29) is 0 Å². The average Bonchev–Trinajstić information content (AvgIpc) is 4.16. The van der Waals surface area contributed by atoms with Crippen LogP contribution in [0.1, 0.15) is 57.8 Å². The molecular formula is C45H66N14O. The molecule has 0 amide bonds. The van der Waals surface area contributed by atoms with Crippen molar-refractivity contribution in [2.75, 3.05) is 125 Å². The number of anilines is 4. The first-order valence-electron chi connectivity index (χ1n) is 22.6. The van der Waals surface area contributed by atoms with Crippen LogP contribution >= 0.6 is 0 Å². The monoisotopic (exact) mass is 819 g/mol. The van der Waals surface area contributed by atoms with Gasteiger partial charge in [0.2, 0.25) is 5.88 Å². The highest BCUT2D eigenvalue weighted by Gasteiger charge is 2.46. The lowest BCUT2D eigenvalue weighted by Gasteiger charge is -2.35. The molecule has 4 spiro atoms. The van der Waals surface area contributed by atoms with Crippen molar-refractivity contribution in [2.24, 2.45) is 16.2 Å². The van der Waals surface area contributed by atoms with Crippen LogP contribution in [0.2, 0.25) is 0 Å². The van der Waals surface area contributed by atoms with E-state index in [2.05, 4.69) is 89.9 Å². The number of aromatic nitrogens is 6. The Morgan fingerprint density at radius 1 is 0.583 bits per heavy atom. The molecule has 12 heterocycles. The molecule has 4 unspecified atom stereocenters. The third kappa shape index (κ3) is 9.24. The highest BCUT2D eigenvalue weighted by molar-refractivity contribution is 5.46. The van der Waals surface area contributed by atoms with Gasteiger partial charge in [-0.3, -0.25) is 4.98 Å². The van der Waals surface area contributed by atoms with Gasteiger partial charge in [0.25, 0.3) is 0 Å². The van der Waals surface area contributed by atoms with Crippen LogP contribution in [0, 0.1) is 16.2 Å². The zero-order valence-electron chi connectivity index (χ0n) is 35.7. The number of hydrogen-bond acceptors (Lipinski definition) is 15. The van der Waals surface area contributed by atoms with E-state index in [1.54, 1.807) is 18.7 Å². The quantitative estimate of drug-likeness (QED) is 0.274. The summed E-state index contributed by atoms with van der Waals surface area (Å²) in [5, 5.41) is 22.4. The summed E-state index contributed by atoms with van der Waals surface area (Å²) in [6.07, 6.45) is 24.4. The summed E-state index contributed by atoms with van der Waals surface area (Å²) in [6, 6.07) is 10.2. The van der Waals surface area contributed by atoms with Gasteiger partial charge in [-0.15, -0.1) is 5.10 Å². The van der Waals surface area contributed by atoms with Crippen molar-refractivity contribution in [1.82, 2.24) is 51.2 Å². The fraction of sp³-hybridized carbons (Fsp3) is 0.644. The minimum Gasteiger partial charge on any atom is -0.370 e. The Morgan fingerprint density at radius 2 is 1.22 bits per heavy atom. The maximum absolute atomic E-state index is 5.18. The Morgan fingerprint density at radius 3 is 1.77 bits per heavy atom. The first-order chi connectivity index (χ1) is 29.4. The van der Waals surface area contributed by atoms with Gasteiger partial charge in [0.15, 0.2) is 5.82 Å². The molecule has 4 aromatic rings. The molecule has 3 N–H and O–H groups in total. The van der Waals surface area contributed by atoms with Crippen molar-refractivity contribution >= 4 is 23.1 Å². The molecule has 15 heteroatoms. The smallest absolute Gasteiger partial charge is 0.227 e. The van der Waals surface area contributed by atoms with E-state index < -0.39 is 0 Å².